The molecular formula is C15H15NO6S. The van der Waals surface area contributed by atoms with Crippen LogP contribution in [0.5, 0.6) is 11.5 Å². The van der Waals surface area contributed by atoms with Crippen molar-refractivity contribution in [2.45, 2.75) is 4.90 Å². The number of aromatic carboxylic acids is 1. The third kappa shape index (κ3) is 3.92. The third-order valence-electron chi connectivity index (χ3n) is 2.99. The van der Waals surface area contributed by atoms with Crippen LogP contribution in [-0.4, -0.2) is 33.7 Å². The Bertz CT molecular complexity index is 809. The summed E-state index contributed by atoms with van der Waals surface area (Å²) >= 11 is 0. The molecular weight excluding hydrogens is 322 g/mol. The molecule has 8 heteroatoms. The van der Waals surface area contributed by atoms with Gasteiger partial charge >= 0.3 is 5.97 Å². The van der Waals surface area contributed by atoms with Crippen LogP contribution >= 0.6 is 0 Å². The lowest BCUT2D eigenvalue weighted by molar-refractivity contribution is 0.0696. The summed E-state index contributed by atoms with van der Waals surface area (Å²) in [6.07, 6.45) is 0. The zero-order valence-electron chi connectivity index (χ0n) is 12.4. The van der Waals surface area contributed by atoms with E-state index in [2.05, 4.69) is 4.72 Å². The minimum absolute atomic E-state index is 0.115. The van der Waals surface area contributed by atoms with Gasteiger partial charge in [-0.3, -0.25) is 4.72 Å². The van der Waals surface area contributed by atoms with Crippen LogP contribution in [0, 0.1) is 0 Å². The van der Waals surface area contributed by atoms with E-state index in [0.717, 1.165) is 6.07 Å². The number of hydrogen-bond acceptors (Lipinski definition) is 5. The molecule has 0 heterocycles. The summed E-state index contributed by atoms with van der Waals surface area (Å²) in [5.74, 6) is -0.368. The molecule has 0 aliphatic rings. The Morgan fingerprint density at radius 3 is 2.17 bits per heavy atom. The minimum Gasteiger partial charge on any atom is -0.497 e. The summed E-state index contributed by atoms with van der Waals surface area (Å²) in [6, 6.07) is 9.65. The van der Waals surface area contributed by atoms with Crippen LogP contribution in [0.3, 0.4) is 0 Å². The molecule has 0 saturated carbocycles. The van der Waals surface area contributed by atoms with Crippen molar-refractivity contribution in [3.63, 3.8) is 0 Å². The molecule has 2 N–H and O–H groups in total. The number of nitrogens with one attached hydrogen (secondary N) is 1. The highest BCUT2D eigenvalue weighted by atomic mass is 32.2. The van der Waals surface area contributed by atoms with Crippen molar-refractivity contribution in [2.75, 3.05) is 18.9 Å². The summed E-state index contributed by atoms with van der Waals surface area (Å²) in [5, 5.41) is 8.95. The molecule has 0 fully saturated rings. The molecule has 122 valence electrons. The molecule has 2 aromatic rings. The minimum atomic E-state index is -3.94. The maximum atomic E-state index is 12.4. The van der Waals surface area contributed by atoms with E-state index < -0.39 is 16.0 Å². The molecule has 0 atom stereocenters. The fraction of sp³-hybridized carbons (Fsp3) is 0.133. The van der Waals surface area contributed by atoms with Crippen molar-refractivity contribution < 1.29 is 27.8 Å². The molecule has 0 unspecified atom stereocenters. The van der Waals surface area contributed by atoms with Gasteiger partial charge in [0.15, 0.2) is 0 Å². The van der Waals surface area contributed by atoms with Gasteiger partial charge in [-0.25, -0.2) is 13.2 Å². The van der Waals surface area contributed by atoms with Gasteiger partial charge in [0, 0.05) is 18.2 Å². The molecule has 0 saturated heterocycles. The summed E-state index contributed by atoms with van der Waals surface area (Å²) in [5.41, 5.74) is 0.123. The number of rotatable bonds is 6. The Kier molecular flexibility index (Phi) is 4.75. The highest BCUT2D eigenvalue weighted by Crippen LogP contribution is 2.27. The largest absolute Gasteiger partial charge is 0.497 e. The second-order valence-corrected chi connectivity index (χ2v) is 6.22. The highest BCUT2D eigenvalue weighted by Gasteiger charge is 2.17. The Morgan fingerprint density at radius 1 is 1.04 bits per heavy atom. The first-order chi connectivity index (χ1) is 10.9. The quantitative estimate of drug-likeness (QED) is 0.838. The summed E-state index contributed by atoms with van der Waals surface area (Å²) < 4.78 is 37.3. The number of methoxy groups -OCH3 is 2. The summed E-state index contributed by atoms with van der Waals surface area (Å²) in [6.45, 7) is 0. The van der Waals surface area contributed by atoms with Crippen LogP contribution in [0.4, 0.5) is 5.69 Å². The average Bonchev–Trinajstić information content (AvgIpc) is 2.54. The predicted octanol–water partition coefficient (Wildman–Crippen LogP) is 2.20. The molecule has 0 spiro atoms. The normalized spacial score (nSPS) is 10.9. The zero-order chi connectivity index (χ0) is 17.0. The van der Waals surface area contributed by atoms with Gasteiger partial charge in [0.25, 0.3) is 10.0 Å². The number of benzene rings is 2. The highest BCUT2D eigenvalue weighted by molar-refractivity contribution is 7.92. The first kappa shape index (κ1) is 16.6. The Hall–Kier alpha value is -2.74. The van der Waals surface area contributed by atoms with Crippen molar-refractivity contribution in [1.82, 2.24) is 0 Å². The second-order valence-electron chi connectivity index (χ2n) is 4.54. The Labute approximate surface area is 133 Å². The molecule has 0 aliphatic carbocycles. The molecule has 0 aliphatic heterocycles. The van der Waals surface area contributed by atoms with E-state index in [4.69, 9.17) is 14.6 Å². The van der Waals surface area contributed by atoms with Gasteiger partial charge in [-0.2, -0.15) is 0 Å². The van der Waals surface area contributed by atoms with Crippen LogP contribution in [-0.2, 0) is 10.0 Å². The number of carboxylic acid groups (broad SMARTS) is 1. The van der Waals surface area contributed by atoms with E-state index in [9.17, 15) is 13.2 Å². The van der Waals surface area contributed by atoms with Gasteiger partial charge < -0.3 is 14.6 Å². The molecule has 7 nitrogen and oxygen atoms in total. The maximum absolute atomic E-state index is 12.4. The van der Waals surface area contributed by atoms with Crippen LogP contribution in [0.25, 0.3) is 0 Å². The summed E-state index contributed by atoms with van der Waals surface area (Å²) in [4.78, 5) is 10.8. The van der Waals surface area contributed by atoms with Crippen LogP contribution in [0.15, 0.2) is 47.4 Å². The lowest BCUT2D eigenvalue weighted by Gasteiger charge is -2.11. The number of carboxylic acids is 1. The molecule has 0 radical (unpaired) electrons. The number of carbonyl (C=O) groups is 1. The molecule has 2 aromatic carbocycles. The first-order valence-corrected chi connectivity index (χ1v) is 7.93. The van der Waals surface area contributed by atoms with Crippen molar-refractivity contribution >= 4 is 21.7 Å². The van der Waals surface area contributed by atoms with Crippen LogP contribution in [0.1, 0.15) is 10.4 Å². The zero-order valence-corrected chi connectivity index (χ0v) is 13.3. The van der Waals surface area contributed by atoms with Gasteiger partial charge in [-0.05, 0) is 18.2 Å². The van der Waals surface area contributed by atoms with Gasteiger partial charge in [0.2, 0.25) is 0 Å². The molecule has 2 rings (SSSR count). The van der Waals surface area contributed by atoms with Gasteiger partial charge in [0.05, 0.1) is 30.4 Å². The Balaban J connectivity index is 2.38. The predicted molar refractivity (Wildman–Crippen MR) is 83.8 cm³/mol. The van der Waals surface area contributed by atoms with Gasteiger partial charge in [0.1, 0.15) is 11.5 Å². The first-order valence-electron chi connectivity index (χ1n) is 6.45. The van der Waals surface area contributed by atoms with Crippen LogP contribution in [0.2, 0.25) is 0 Å². The van der Waals surface area contributed by atoms with Crippen molar-refractivity contribution in [2.24, 2.45) is 0 Å². The van der Waals surface area contributed by atoms with E-state index in [-0.39, 0.29) is 16.1 Å². The van der Waals surface area contributed by atoms with E-state index in [1.807, 2.05) is 0 Å². The van der Waals surface area contributed by atoms with E-state index in [0.29, 0.717) is 11.5 Å². The van der Waals surface area contributed by atoms with E-state index >= 15 is 0 Å². The van der Waals surface area contributed by atoms with Gasteiger partial charge in [-0.1, -0.05) is 6.07 Å². The molecule has 0 amide bonds. The number of sulfonamides is 1. The maximum Gasteiger partial charge on any atom is 0.335 e. The van der Waals surface area contributed by atoms with Crippen molar-refractivity contribution in [3.05, 3.63) is 48.0 Å². The number of anilines is 1. The average molecular weight is 337 g/mol. The molecule has 23 heavy (non-hydrogen) atoms. The van der Waals surface area contributed by atoms with E-state index in [1.54, 1.807) is 6.07 Å². The monoisotopic (exact) mass is 337 g/mol. The number of hydrogen-bond donors (Lipinski definition) is 2. The SMILES string of the molecule is COc1cc(NS(=O)(=O)c2cccc(C(=O)O)c2)cc(OC)c1. The summed E-state index contributed by atoms with van der Waals surface area (Å²) in [7, 11) is -1.05. The topological polar surface area (TPSA) is 102 Å². The number of ether oxygens (including phenoxy) is 2. The van der Waals surface area contributed by atoms with Crippen LogP contribution < -0.4 is 14.2 Å². The van der Waals surface area contributed by atoms with Gasteiger partial charge in [-0.15, -0.1) is 0 Å². The third-order valence-corrected chi connectivity index (χ3v) is 4.37. The van der Waals surface area contributed by atoms with E-state index in [1.165, 1.54) is 44.6 Å². The Morgan fingerprint density at radius 2 is 1.65 bits per heavy atom. The standard InChI is InChI=1S/C15H15NO6S/c1-21-12-7-11(8-13(9-12)22-2)16-23(19,20)14-5-3-4-10(6-14)15(17)18/h3-9,16H,1-2H3,(H,17,18). The fourth-order valence-corrected chi connectivity index (χ4v) is 2.96. The second kappa shape index (κ2) is 6.57. The lowest BCUT2D eigenvalue weighted by Crippen LogP contribution is -2.14. The smallest absolute Gasteiger partial charge is 0.335 e. The molecule has 0 aromatic heterocycles. The fourth-order valence-electron chi connectivity index (χ4n) is 1.88. The molecule has 0 bridgehead atoms. The van der Waals surface area contributed by atoms with Crippen molar-refractivity contribution in [1.29, 1.82) is 0 Å². The van der Waals surface area contributed by atoms with Crippen molar-refractivity contribution in [3.8, 4) is 11.5 Å². The lowest BCUT2D eigenvalue weighted by atomic mass is 10.2.